The predicted molar refractivity (Wildman–Crippen MR) is 79.3 cm³/mol. The first-order chi connectivity index (χ1) is 10.3. The monoisotopic (exact) mass is 288 g/mol. The van der Waals surface area contributed by atoms with Crippen molar-refractivity contribution in [1.82, 2.24) is 29.7 Å². The molecule has 0 aromatic carbocycles. The maximum Gasteiger partial charge on any atom is 0.258 e. The molecule has 2 N–H and O–H groups in total. The average Bonchev–Trinajstić information content (AvgIpc) is 2.90. The number of nitrogens with zero attached hydrogens (tertiary/aromatic N) is 6. The Morgan fingerprint density at radius 2 is 2.10 bits per heavy atom. The second-order valence-electron chi connectivity index (χ2n) is 5.28. The van der Waals surface area contributed by atoms with Crippen molar-refractivity contribution in [2.24, 2.45) is 5.92 Å². The Labute approximate surface area is 123 Å². The zero-order valence-electron chi connectivity index (χ0n) is 12.3. The maximum absolute atomic E-state index is 4.43. The third-order valence-electron chi connectivity index (χ3n) is 3.80. The summed E-state index contributed by atoms with van der Waals surface area (Å²) in [6.07, 6.45) is 6.90. The van der Waals surface area contributed by atoms with Crippen molar-refractivity contribution in [2.45, 2.75) is 39.2 Å². The second kappa shape index (κ2) is 6.02. The molecule has 1 unspecified atom stereocenters. The first-order valence-corrected chi connectivity index (χ1v) is 7.37. The Bertz CT molecular complexity index is 578. The van der Waals surface area contributed by atoms with Crippen LogP contribution in [0, 0.1) is 5.92 Å². The van der Waals surface area contributed by atoms with Gasteiger partial charge in [-0.3, -0.25) is 0 Å². The summed E-state index contributed by atoms with van der Waals surface area (Å²) >= 11 is 0. The minimum Gasteiger partial charge on any atom is -0.354 e. The number of anilines is 2. The molecule has 21 heavy (non-hydrogen) atoms. The molecule has 0 spiro atoms. The standard InChI is InChI=1S/C13H20N8/c1-3-15-11-18-12(17-9(2)10-5-4-6-10)20-13(19-11)21-8-14-7-16-21/h7-10H,3-6H2,1-2H3,(H2,15,17,18,19,20). The van der Waals surface area contributed by atoms with Gasteiger partial charge in [-0.15, -0.1) is 0 Å². The van der Waals surface area contributed by atoms with Gasteiger partial charge in [0.05, 0.1) is 0 Å². The van der Waals surface area contributed by atoms with Crippen molar-refractivity contribution in [3.05, 3.63) is 12.7 Å². The lowest BCUT2D eigenvalue weighted by molar-refractivity contribution is 0.284. The quantitative estimate of drug-likeness (QED) is 0.831. The number of rotatable bonds is 6. The van der Waals surface area contributed by atoms with Crippen LogP contribution in [0.4, 0.5) is 11.9 Å². The fourth-order valence-electron chi connectivity index (χ4n) is 2.34. The normalized spacial score (nSPS) is 16.3. The van der Waals surface area contributed by atoms with Gasteiger partial charge in [-0.25, -0.2) is 4.98 Å². The van der Waals surface area contributed by atoms with E-state index < -0.39 is 0 Å². The van der Waals surface area contributed by atoms with Gasteiger partial charge in [-0.2, -0.15) is 24.7 Å². The van der Waals surface area contributed by atoms with Crippen LogP contribution in [-0.2, 0) is 0 Å². The van der Waals surface area contributed by atoms with E-state index in [0.717, 1.165) is 6.54 Å². The summed E-state index contributed by atoms with van der Waals surface area (Å²) in [5.41, 5.74) is 0. The molecule has 1 aliphatic rings. The molecule has 1 saturated carbocycles. The van der Waals surface area contributed by atoms with Gasteiger partial charge < -0.3 is 10.6 Å². The topological polar surface area (TPSA) is 93.4 Å². The van der Waals surface area contributed by atoms with E-state index in [1.807, 2.05) is 6.92 Å². The van der Waals surface area contributed by atoms with E-state index in [1.165, 1.54) is 30.3 Å². The van der Waals surface area contributed by atoms with Gasteiger partial charge in [0.1, 0.15) is 12.7 Å². The van der Waals surface area contributed by atoms with Crippen LogP contribution in [0.25, 0.3) is 5.95 Å². The summed E-state index contributed by atoms with van der Waals surface area (Å²) < 4.78 is 1.53. The first kappa shape index (κ1) is 13.7. The molecule has 112 valence electrons. The lowest BCUT2D eigenvalue weighted by Gasteiger charge is -2.31. The molecule has 3 rings (SSSR count). The van der Waals surface area contributed by atoms with Crippen LogP contribution in [0.3, 0.4) is 0 Å². The molecule has 2 heterocycles. The van der Waals surface area contributed by atoms with Gasteiger partial charge in [0.15, 0.2) is 0 Å². The highest BCUT2D eigenvalue weighted by Gasteiger charge is 2.24. The van der Waals surface area contributed by atoms with E-state index in [0.29, 0.717) is 29.8 Å². The van der Waals surface area contributed by atoms with Gasteiger partial charge in [-0.05, 0) is 32.6 Å². The second-order valence-corrected chi connectivity index (χ2v) is 5.28. The van der Waals surface area contributed by atoms with Crippen molar-refractivity contribution in [2.75, 3.05) is 17.2 Å². The van der Waals surface area contributed by atoms with Crippen molar-refractivity contribution in [1.29, 1.82) is 0 Å². The van der Waals surface area contributed by atoms with Crippen molar-refractivity contribution >= 4 is 11.9 Å². The fourth-order valence-corrected chi connectivity index (χ4v) is 2.34. The molecular weight excluding hydrogens is 268 g/mol. The Morgan fingerprint density at radius 3 is 2.71 bits per heavy atom. The van der Waals surface area contributed by atoms with Crippen LogP contribution in [0.2, 0.25) is 0 Å². The molecule has 1 atom stereocenters. The minimum atomic E-state index is 0.360. The largest absolute Gasteiger partial charge is 0.354 e. The van der Waals surface area contributed by atoms with Crippen LogP contribution in [-0.4, -0.2) is 42.3 Å². The minimum absolute atomic E-state index is 0.360. The molecular formula is C13H20N8. The summed E-state index contributed by atoms with van der Waals surface area (Å²) in [5, 5.41) is 10.6. The predicted octanol–water partition coefficient (Wildman–Crippen LogP) is 1.48. The molecule has 0 radical (unpaired) electrons. The Balaban J connectivity index is 1.84. The lowest BCUT2D eigenvalue weighted by Crippen LogP contribution is -2.31. The summed E-state index contributed by atoms with van der Waals surface area (Å²) in [4.78, 5) is 17.1. The van der Waals surface area contributed by atoms with Gasteiger partial charge in [0.2, 0.25) is 11.9 Å². The highest BCUT2D eigenvalue weighted by Crippen LogP contribution is 2.30. The van der Waals surface area contributed by atoms with Crippen LogP contribution < -0.4 is 10.6 Å². The highest BCUT2D eigenvalue weighted by atomic mass is 15.4. The molecule has 1 fully saturated rings. The SMILES string of the molecule is CCNc1nc(NC(C)C2CCC2)nc(-n2cncn2)n1. The smallest absolute Gasteiger partial charge is 0.258 e. The third-order valence-corrected chi connectivity index (χ3v) is 3.80. The molecule has 0 aliphatic heterocycles. The van der Waals surface area contributed by atoms with Crippen molar-refractivity contribution in [3.8, 4) is 5.95 Å². The molecule has 0 bridgehead atoms. The van der Waals surface area contributed by atoms with E-state index >= 15 is 0 Å². The van der Waals surface area contributed by atoms with E-state index in [1.54, 1.807) is 6.33 Å². The molecule has 8 heteroatoms. The summed E-state index contributed by atoms with van der Waals surface area (Å²) in [5.74, 6) is 2.29. The molecule has 0 saturated heterocycles. The zero-order valence-corrected chi connectivity index (χ0v) is 12.3. The summed E-state index contributed by atoms with van der Waals surface area (Å²) in [7, 11) is 0. The molecule has 8 nitrogen and oxygen atoms in total. The van der Waals surface area contributed by atoms with Gasteiger partial charge in [-0.1, -0.05) is 6.42 Å². The maximum atomic E-state index is 4.43. The summed E-state index contributed by atoms with van der Waals surface area (Å²) in [6, 6.07) is 0.360. The van der Waals surface area contributed by atoms with E-state index in [2.05, 4.69) is 42.6 Å². The zero-order chi connectivity index (χ0) is 14.7. The Morgan fingerprint density at radius 1 is 1.29 bits per heavy atom. The van der Waals surface area contributed by atoms with Crippen molar-refractivity contribution in [3.63, 3.8) is 0 Å². The first-order valence-electron chi connectivity index (χ1n) is 7.37. The number of aromatic nitrogens is 6. The van der Waals surface area contributed by atoms with Crippen LogP contribution in [0.5, 0.6) is 0 Å². The highest BCUT2D eigenvalue weighted by molar-refractivity contribution is 5.38. The lowest BCUT2D eigenvalue weighted by atomic mass is 9.80. The van der Waals surface area contributed by atoms with Crippen LogP contribution >= 0.6 is 0 Å². The Hall–Kier alpha value is -2.25. The molecule has 2 aromatic heterocycles. The molecule has 1 aliphatic carbocycles. The van der Waals surface area contributed by atoms with E-state index in [-0.39, 0.29) is 0 Å². The number of hydrogen-bond acceptors (Lipinski definition) is 7. The van der Waals surface area contributed by atoms with Gasteiger partial charge >= 0.3 is 0 Å². The number of nitrogens with one attached hydrogen (secondary N) is 2. The van der Waals surface area contributed by atoms with Crippen LogP contribution in [0.1, 0.15) is 33.1 Å². The Kier molecular flexibility index (Phi) is 3.94. The fraction of sp³-hybridized carbons (Fsp3) is 0.615. The van der Waals surface area contributed by atoms with Crippen molar-refractivity contribution < 1.29 is 0 Å². The van der Waals surface area contributed by atoms with Gasteiger partial charge in [0.25, 0.3) is 5.95 Å². The molecule has 0 amide bonds. The number of hydrogen-bond donors (Lipinski definition) is 2. The summed E-state index contributed by atoms with van der Waals surface area (Å²) in [6.45, 7) is 4.93. The van der Waals surface area contributed by atoms with Gasteiger partial charge in [0, 0.05) is 12.6 Å². The average molecular weight is 288 g/mol. The van der Waals surface area contributed by atoms with E-state index in [4.69, 9.17) is 0 Å². The third kappa shape index (κ3) is 3.09. The van der Waals surface area contributed by atoms with E-state index in [9.17, 15) is 0 Å². The molecule has 2 aromatic rings. The van der Waals surface area contributed by atoms with Crippen LogP contribution in [0.15, 0.2) is 12.7 Å².